The Kier molecular flexibility index (Phi) is 4.25. The van der Waals surface area contributed by atoms with Crippen molar-refractivity contribution in [3.63, 3.8) is 0 Å². The largest absolute Gasteiger partial charge is 0.493 e. The first-order chi connectivity index (χ1) is 10.3. The lowest BCUT2D eigenvalue weighted by atomic mass is 10.0. The van der Waals surface area contributed by atoms with Crippen molar-refractivity contribution in [2.24, 2.45) is 7.05 Å². The molecule has 1 aliphatic rings. The van der Waals surface area contributed by atoms with E-state index in [1.165, 1.54) is 16.8 Å². The van der Waals surface area contributed by atoms with Gasteiger partial charge in [0.15, 0.2) is 0 Å². The topological polar surface area (TPSA) is 39.1 Å². The van der Waals surface area contributed by atoms with Gasteiger partial charge >= 0.3 is 0 Å². The van der Waals surface area contributed by atoms with Crippen LogP contribution in [-0.2, 0) is 19.9 Å². The van der Waals surface area contributed by atoms with Crippen LogP contribution >= 0.6 is 0 Å². The van der Waals surface area contributed by atoms with Gasteiger partial charge < -0.3 is 10.1 Å². The molecule has 1 unspecified atom stereocenters. The van der Waals surface area contributed by atoms with Gasteiger partial charge in [-0.3, -0.25) is 4.68 Å². The van der Waals surface area contributed by atoms with E-state index in [1.807, 2.05) is 17.9 Å². The van der Waals surface area contributed by atoms with E-state index in [0.29, 0.717) is 6.04 Å². The van der Waals surface area contributed by atoms with Gasteiger partial charge in [0.1, 0.15) is 5.75 Å². The van der Waals surface area contributed by atoms with E-state index in [2.05, 4.69) is 41.6 Å². The molecule has 3 rings (SSSR count). The average molecular weight is 285 g/mol. The monoisotopic (exact) mass is 285 g/mol. The molecule has 4 heteroatoms. The van der Waals surface area contributed by atoms with Crippen molar-refractivity contribution in [2.75, 3.05) is 13.2 Å². The molecule has 0 radical (unpaired) electrons. The fourth-order valence-corrected chi connectivity index (χ4v) is 3.03. The number of aromatic nitrogens is 2. The van der Waals surface area contributed by atoms with E-state index in [-0.39, 0.29) is 0 Å². The summed E-state index contributed by atoms with van der Waals surface area (Å²) in [5.74, 6) is 1.06. The van der Waals surface area contributed by atoms with Gasteiger partial charge in [-0.1, -0.05) is 19.1 Å². The highest BCUT2D eigenvalue weighted by molar-refractivity contribution is 5.39. The predicted molar refractivity (Wildman–Crippen MR) is 83.6 cm³/mol. The first-order valence-corrected chi connectivity index (χ1v) is 7.74. The fraction of sp³-hybridized carbons (Fsp3) is 0.471. The first-order valence-electron chi connectivity index (χ1n) is 7.74. The second-order valence-electron chi connectivity index (χ2n) is 5.57. The number of nitrogens with zero attached hydrogens (tertiary/aromatic N) is 2. The maximum Gasteiger partial charge on any atom is 0.122 e. The molecule has 21 heavy (non-hydrogen) atoms. The van der Waals surface area contributed by atoms with Crippen molar-refractivity contribution < 1.29 is 4.74 Å². The molecule has 2 aromatic rings. The normalized spacial score (nSPS) is 14.8. The Hall–Kier alpha value is -1.81. The third-order valence-corrected chi connectivity index (χ3v) is 4.14. The Morgan fingerprint density at radius 1 is 1.38 bits per heavy atom. The van der Waals surface area contributed by atoms with Gasteiger partial charge in [-0.05, 0) is 42.6 Å². The molecule has 1 N–H and O–H groups in total. The lowest BCUT2D eigenvalue weighted by Gasteiger charge is -2.18. The van der Waals surface area contributed by atoms with Gasteiger partial charge in [-0.15, -0.1) is 0 Å². The van der Waals surface area contributed by atoms with E-state index in [4.69, 9.17) is 4.74 Å². The molecule has 0 bridgehead atoms. The van der Waals surface area contributed by atoms with Gasteiger partial charge in [0, 0.05) is 25.7 Å². The Labute approximate surface area is 126 Å². The molecule has 4 nitrogen and oxygen atoms in total. The highest BCUT2D eigenvalue weighted by Gasteiger charge is 2.15. The summed E-state index contributed by atoms with van der Waals surface area (Å²) in [4.78, 5) is 0. The zero-order valence-electron chi connectivity index (χ0n) is 12.8. The smallest absolute Gasteiger partial charge is 0.122 e. The van der Waals surface area contributed by atoms with Crippen LogP contribution in [0.5, 0.6) is 5.75 Å². The molecule has 0 amide bonds. The Morgan fingerprint density at radius 2 is 2.29 bits per heavy atom. The zero-order valence-corrected chi connectivity index (χ0v) is 12.8. The minimum atomic E-state index is 0.354. The second kappa shape index (κ2) is 6.31. The number of rotatable bonds is 6. The second-order valence-corrected chi connectivity index (χ2v) is 5.57. The van der Waals surface area contributed by atoms with Crippen LogP contribution in [0.1, 0.15) is 36.2 Å². The van der Waals surface area contributed by atoms with Crippen LogP contribution in [-0.4, -0.2) is 22.9 Å². The standard InChI is InChI=1S/C17H23N3O/c1-3-18-15(16-8-10-19-20(16)2)6-4-13-5-7-17-14(12-13)9-11-21-17/h5,7-8,10,12,15,18H,3-4,6,9,11H2,1-2H3. The summed E-state index contributed by atoms with van der Waals surface area (Å²) < 4.78 is 7.53. The van der Waals surface area contributed by atoms with E-state index >= 15 is 0 Å². The van der Waals surface area contributed by atoms with Crippen LogP contribution in [0.3, 0.4) is 0 Å². The third-order valence-electron chi connectivity index (χ3n) is 4.14. The van der Waals surface area contributed by atoms with Gasteiger partial charge in [0.25, 0.3) is 0 Å². The minimum absolute atomic E-state index is 0.354. The number of fused-ring (bicyclic) bond motifs is 1. The third kappa shape index (κ3) is 3.10. The molecule has 1 aromatic carbocycles. The number of benzene rings is 1. The molecule has 0 saturated heterocycles. The highest BCUT2D eigenvalue weighted by atomic mass is 16.5. The van der Waals surface area contributed by atoms with Crippen molar-refractivity contribution in [3.8, 4) is 5.75 Å². The van der Waals surface area contributed by atoms with Gasteiger partial charge in [-0.2, -0.15) is 5.10 Å². The molecular formula is C17H23N3O. The van der Waals surface area contributed by atoms with Gasteiger partial charge in [0.2, 0.25) is 0 Å². The highest BCUT2D eigenvalue weighted by Crippen LogP contribution is 2.27. The minimum Gasteiger partial charge on any atom is -0.493 e. The Balaban J connectivity index is 1.68. The predicted octanol–water partition coefficient (Wildman–Crippen LogP) is 2.64. The average Bonchev–Trinajstić information content (AvgIpc) is 3.11. The molecule has 2 heterocycles. The van der Waals surface area contributed by atoms with Gasteiger partial charge in [-0.25, -0.2) is 0 Å². The molecule has 0 aliphatic carbocycles. The summed E-state index contributed by atoms with van der Waals surface area (Å²) in [6.07, 6.45) is 5.05. The molecule has 0 fully saturated rings. The number of hydrogen-bond donors (Lipinski definition) is 1. The van der Waals surface area contributed by atoms with E-state index in [1.54, 1.807) is 0 Å². The SMILES string of the molecule is CCNC(CCc1ccc2c(c1)CCO2)c1ccnn1C. The van der Waals surface area contributed by atoms with Crippen LogP contribution in [0, 0.1) is 0 Å². The van der Waals surface area contributed by atoms with E-state index in [0.717, 1.165) is 38.2 Å². The molecular weight excluding hydrogens is 262 g/mol. The van der Waals surface area contributed by atoms with Crippen LogP contribution in [0.4, 0.5) is 0 Å². The van der Waals surface area contributed by atoms with Crippen molar-refractivity contribution in [1.82, 2.24) is 15.1 Å². The zero-order chi connectivity index (χ0) is 14.7. The first kappa shape index (κ1) is 14.1. The number of ether oxygens (including phenoxy) is 1. The summed E-state index contributed by atoms with van der Waals surface area (Å²) in [7, 11) is 2.01. The Morgan fingerprint density at radius 3 is 3.05 bits per heavy atom. The van der Waals surface area contributed by atoms with Crippen molar-refractivity contribution >= 4 is 0 Å². The molecule has 112 valence electrons. The van der Waals surface area contributed by atoms with E-state index < -0.39 is 0 Å². The fourth-order valence-electron chi connectivity index (χ4n) is 3.03. The van der Waals surface area contributed by atoms with Crippen LogP contribution in [0.25, 0.3) is 0 Å². The quantitative estimate of drug-likeness (QED) is 0.887. The number of hydrogen-bond acceptors (Lipinski definition) is 3. The maximum absolute atomic E-state index is 5.57. The van der Waals surface area contributed by atoms with Crippen molar-refractivity contribution in [1.29, 1.82) is 0 Å². The number of aryl methyl sites for hydroxylation is 2. The summed E-state index contributed by atoms with van der Waals surface area (Å²) >= 11 is 0. The van der Waals surface area contributed by atoms with Crippen LogP contribution in [0.2, 0.25) is 0 Å². The number of nitrogens with one attached hydrogen (secondary N) is 1. The summed E-state index contributed by atoms with van der Waals surface area (Å²) in [6, 6.07) is 9.06. The lowest BCUT2D eigenvalue weighted by Crippen LogP contribution is -2.23. The maximum atomic E-state index is 5.57. The van der Waals surface area contributed by atoms with Crippen molar-refractivity contribution in [3.05, 3.63) is 47.3 Å². The van der Waals surface area contributed by atoms with Gasteiger partial charge in [0.05, 0.1) is 12.3 Å². The van der Waals surface area contributed by atoms with Crippen LogP contribution < -0.4 is 10.1 Å². The van der Waals surface area contributed by atoms with E-state index in [9.17, 15) is 0 Å². The Bertz CT molecular complexity index is 606. The molecule has 1 atom stereocenters. The summed E-state index contributed by atoms with van der Waals surface area (Å²) in [5.41, 5.74) is 4.00. The van der Waals surface area contributed by atoms with Crippen molar-refractivity contribution in [2.45, 2.75) is 32.2 Å². The summed E-state index contributed by atoms with van der Waals surface area (Å²) in [6.45, 7) is 3.94. The molecule has 0 spiro atoms. The molecule has 0 saturated carbocycles. The summed E-state index contributed by atoms with van der Waals surface area (Å²) in [5, 5.41) is 7.85. The molecule has 1 aromatic heterocycles. The lowest BCUT2D eigenvalue weighted by molar-refractivity contribution is 0.357. The van der Waals surface area contributed by atoms with Crippen LogP contribution in [0.15, 0.2) is 30.5 Å². The molecule has 1 aliphatic heterocycles.